The van der Waals surface area contributed by atoms with Gasteiger partial charge in [0.05, 0.1) is 11.4 Å². The van der Waals surface area contributed by atoms with Crippen LogP contribution in [0.2, 0.25) is 0 Å². The number of aromatic nitrogens is 2. The van der Waals surface area contributed by atoms with Crippen LogP contribution in [0.15, 0.2) is 83.4 Å². The molecule has 1 atom stereocenters. The molecule has 0 N–H and O–H groups in total. The topological polar surface area (TPSA) is 25.8 Å². The quantitative estimate of drug-likeness (QED) is 0.500. The monoisotopic (exact) mass is 402 g/mol. The summed E-state index contributed by atoms with van der Waals surface area (Å²) < 4.78 is 1.04. The lowest BCUT2D eigenvalue weighted by molar-refractivity contribution is 0.811. The van der Waals surface area contributed by atoms with Crippen LogP contribution in [0.1, 0.15) is 23.6 Å². The van der Waals surface area contributed by atoms with Gasteiger partial charge in [0.25, 0.3) is 0 Å². The predicted molar refractivity (Wildman–Crippen MR) is 111 cm³/mol. The first-order valence-electron chi connectivity index (χ1n) is 8.75. The van der Waals surface area contributed by atoms with E-state index in [2.05, 4.69) is 83.6 Å². The number of hydrogen-bond acceptors (Lipinski definition) is 2. The van der Waals surface area contributed by atoms with E-state index in [1.165, 1.54) is 5.56 Å². The molecule has 0 aliphatic heterocycles. The number of allylic oxidation sites excluding steroid dienone is 4. The average Bonchev–Trinajstić information content (AvgIpc) is 2.71. The summed E-state index contributed by atoms with van der Waals surface area (Å²) in [5.74, 6) is 1.07. The van der Waals surface area contributed by atoms with Crippen LogP contribution in [0.3, 0.4) is 0 Å². The Hall–Kier alpha value is -2.52. The summed E-state index contributed by atoms with van der Waals surface area (Å²) in [7, 11) is 0. The van der Waals surface area contributed by atoms with E-state index in [4.69, 9.17) is 9.97 Å². The number of rotatable bonds is 3. The first-order chi connectivity index (χ1) is 12.7. The second-order valence-electron chi connectivity index (χ2n) is 6.48. The average molecular weight is 403 g/mol. The van der Waals surface area contributed by atoms with Crippen LogP contribution >= 0.6 is 15.9 Å². The van der Waals surface area contributed by atoms with Crippen molar-refractivity contribution in [2.75, 3.05) is 0 Å². The summed E-state index contributed by atoms with van der Waals surface area (Å²) >= 11 is 3.58. The minimum Gasteiger partial charge on any atom is -0.232 e. The Morgan fingerprint density at radius 3 is 2.58 bits per heavy atom. The van der Waals surface area contributed by atoms with Gasteiger partial charge in [-0.2, -0.15) is 0 Å². The van der Waals surface area contributed by atoms with E-state index in [1.807, 2.05) is 18.2 Å². The maximum atomic E-state index is 4.94. The number of halogens is 1. The lowest BCUT2D eigenvalue weighted by Gasteiger charge is -2.16. The van der Waals surface area contributed by atoms with Crippen molar-refractivity contribution in [1.82, 2.24) is 9.97 Å². The van der Waals surface area contributed by atoms with Crippen LogP contribution in [0, 0.1) is 6.92 Å². The predicted octanol–water partition coefficient (Wildman–Crippen LogP) is 6.48. The molecule has 1 aromatic heterocycles. The first-order valence-corrected chi connectivity index (χ1v) is 9.54. The van der Waals surface area contributed by atoms with Crippen LogP contribution in [-0.2, 0) is 0 Å². The molecule has 0 fully saturated rings. The zero-order chi connectivity index (χ0) is 17.9. The van der Waals surface area contributed by atoms with Gasteiger partial charge in [0.15, 0.2) is 5.82 Å². The molecular weight excluding hydrogens is 384 g/mol. The highest BCUT2D eigenvalue weighted by molar-refractivity contribution is 9.10. The SMILES string of the molecule is Cc1ccc(Br)cc1-c1nc(-c2ccccc2)cc(C2C=CC=CC2)n1. The number of aryl methyl sites for hydroxylation is 1. The molecule has 1 aliphatic carbocycles. The maximum absolute atomic E-state index is 4.94. The number of hydrogen-bond donors (Lipinski definition) is 0. The van der Waals surface area contributed by atoms with Gasteiger partial charge in [0.1, 0.15) is 0 Å². The van der Waals surface area contributed by atoms with Crippen molar-refractivity contribution in [2.24, 2.45) is 0 Å². The van der Waals surface area contributed by atoms with Gasteiger partial charge in [0.2, 0.25) is 0 Å². The molecule has 2 aromatic carbocycles. The van der Waals surface area contributed by atoms with Crippen LogP contribution < -0.4 is 0 Å². The Balaban J connectivity index is 1.89. The Morgan fingerprint density at radius 2 is 1.81 bits per heavy atom. The highest BCUT2D eigenvalue weighted by Crippen LogP contribution is 2.31. The fourth-order valence-corrected chi connectivity index (χ4v) is 3.53. The summed E-state index contributed by atoms with van der Waals surface area (Å²) in [6, 6.07) is 18.7. The van der Waals surface area contributed by atoms with Crippen molar-refractivity contribution in [1.29, 1.82) is 0 Å². The summed E-state index contributed by atoms with van der Waals surface area (Å²) in [5, 5.41) is 0. The van der Waals surface area contributed by atoms with Crippen LogP contribution in [0.4, 0.5) is 0 Å². The van der Waals surface area contributed by atoms with Gasteiger partial charge in [-0.3, -0.25) is 0 Å². The van der Waals surface area contributed by atoms with Crippen LogP contribution in [-0.4, -0.2) is 9.97 Å². The Labute approximate surface area is 162 Å². The molecule has 4 rings (SSSR count). The van der Waals surface area contributed by atoms with Gasteiger partial charge in [-0.15, -0.1) is 0 Å². The smallest absolute Gasteiger partial charge is 0.160 e. The Kier molecular flexibility index (Phi) is 4.81. The van der Waals surface area contributed by atoms with Crippen LogP contribution in [0.25, 0.3) is 22.6 Å². The number of nitrogens with zero attached hydrogens (tertiary/aromatic N) is 2. The van der Waals surface area contributed by atoms with E-state index >= 15 is 0 Å². The molecule has 128 valence electrons. The standard InChI is InChI=1S/C23H19BrN2/c1-16-12-13-19(24)14-20(16)23-25-21(17-8-4-2-5-9-17)15-22(26-23)18-10-6-3-7-11-18/h2-10,12-15,18H,11H2,1H3. The summed E-state index contributed by atoms with van der Waals surface area (Å²) in [6.45, 7) is 2.10. The molecule has 1 heterocycles. The summed E-state index contributed by atoms with van der Waals surface area (Å²) in [6.07, 6.45) is 9.57. The second-order valence-corrected chi connectivity index (χ2v) is 7.40. The minimum absolute atomic E-state index is 0.289. The molecule has 1 aliphatic rings. The van der Waals surface area contributed by atoms with E-state index in [-0.39, 0.29) is 5.92 Å². The number of benzene rings is 2. The van der Waals surface area contributed by atoms with E-state index in [1.54, 1.807) is 0 Å². The van der Waals surface area contributed by atoms with Crippen molar-refractivity contribution >= 4 is 15.9 Å². The van der Waals surface area contributed by atoms with Gasteiger partial charge in [0, 0.05) is 21.5 Å². The van der Waals surface area contributed by atoms with Crippen molar-refractivity contribution in [2.45, 2.75) is 19.3 Å². The molecule has 3 aromatic rings. The van der Waals surface area contributed by atoms with Gasteiger partial charge >= 0.3 is 0 Å². The highest BCUT2D eigenvalue weighted by Gasteiger charge is 2.16. The molecule has 3 heteroatoms. The molecule has 0 radical (unpaired) electrons. The lowest BCUT2D eigenvalue weighted by atomic mass is 9.95. The molecule has 26 heavy (non-hydrogen) atoms. The molecule has 1 unspecified atom stereocenters. The van der Waals surface area contributed by atoms with Gasteiger partial charge < -0.3 is 0 Å². The fraction of sp³-hybridized carbons (Fsp3) is 0.130. The van der Waals surface area contributed by atoms with Crippen LogP contribution in [0.5, 0.6) is 0 Å². The zero-order valence-corrected chi connectivity index (χ0v) is 16.1. The molecule has 0 bridgehead atoms. The third kappa shape index (κ3) is 3.54. The molecule has 0 spiro atoms. The van der Waals surface area contributed by atoms with Crippen molar-refractivity contribution < 1.29 is 0 Å². The van der Waals surface area contributed by atoms with Gasteiger partial charge in [-0.25, -0.2) is 9.97 Å². The normalized spacial score (nSPS) is 16.0. The minimum atomic E-state index is 0.289. The highest BCUT2D eigenvalue weighted by atomic mass is 79.9. The van der Waals surface area contributed by atoms with E-state index < -0.39 is 0 Å². The van der Waals surface area contributed by atoms with Gasteiger partial charge in [-0.1, -0.05) is 76.6 Å². The van der Waals surface area contributed by atoms with Crippen molar-refractivity contribution in [3.8, 4) is 22.6 Å². The maximum Gasteiger partial charge on any atom is 0.160 e. The van der Waals surface area contributed by atoms with Crippen molar-refractivity contribution in [3.63, 3.8) is 0 Å². The summed E-state index contributed by atoms with van der Waals surface area (Å²) in [5.41, 5.74) is 5.37. The van der Waals surface area contributed by atoms with E-state index in [9.17, 15) is 0 Å². The van der Waals surface area contributed by atoms with E-state index in [0.717, 1.165) is 39.2 Å². The van der Waals surface area contributed by atoms with E-state index in [0.29, 0.717) is 0 Å². The third-order valence-corrected chi connectivity index (χ3v) is 5.11. The fourth-order valence-electron chi connectivity index (χ4n) is 3.17. The summed E-state index contributed by atoms with van der Waals surface area (Å²) in [4.78, 5) is 9.83. The van der Waals surface area contributed by atoms with Crippen molar-refractivity contribution in [3.05, 3.63) is 94.6 Å². The molecule has 0 saturated carbocycles. The third-order valence-electron chi connectivity index (χ3n) is 4.62. The molecule has 2 nitrogen and oxygen atoms in total. The molecule has 0 amide bonds. The molecule has 0 saturated heterocycles. The zero-order valence-electron chi connectivity index (χ0n) is 14.6. The Morgan fingerprint density at radius 1 is 0.962 bits per heavy atom. The molecular formula is C23H19BrN2. The Bertz CT molecular complexity index is 990. The van der Waals surface area contributed by atoms with Gasteiger partial charge in [-0.05, 0) is 37.1 Å². The largest absolute Gasteiger partial charge is 0.232 e. The second kappa shape index (κ2) is 7.38. The first kappa shape index (κ1) is 16.9. The lowest BCUT2D eigenvalue weighted by Crippen LogP contribution is -2.04.